The maximum absolute atomic E-state index is 13.4. The minimum atomic E-state index is -2.61. The number of ether oxygens (including phenoxy) is 2. The van der Waals surface area contributed by atoms with Crippen molar-refractivity contribution in [3.63, 3.8) is 0 Å². The second-order valence-electron chi connectivity index (χ2n) is 9.48. The summed E-state index contributed by atoms with van der Waals surface area (Å²) in [6.45, 7) is 3.26. The molecule has 216 valence electrons. The molecule has 0 fully saturated rings. The van der Waals surface area contributed by atoms with E-state index in [0.717, 1.165) is 11.1 Å². The average Bonchev–Trinajstić information content (AvgIpc) is 2.97. The summed E-state index contributed by atoms with van der Waals surface area (Å²) >= 11 is 0. The van der Waals surface area contributed by atoms with E-state index in [2.05, 4.69) is 9.47 Å². The van der Waals surface area contributed by atoms with Crippen molar-refractivity contribution in [3.05, 3.63) is 149 Å². The van der Waals surface area contributed by atoms with E-state index < -0.39 is 29.6 Å². The Morgan fingerprint density at radius 1 is 0.738 bits per heavy atom. The summed E-state index contributed by atoms with van der Waals surface area (Å²) in [5.74, 6) is -0.579. The van der Waals surface area contributed by atoms with Crippen LogP contribution in [-0.2, 0) is 10.2 Å². The van der Waals surface area contributed by atoms with Crippen LogP contribution in [0.4, 0.5) is 26.3 Å². The maximum atomic E-state index is 13.4. The molecular weight excluding hydrogens is 558 g/mol. The first-order chi connectivity index (χ1) is 20.0. The van der Waals surface area contributed by atoms with Crippen LogP contribution in [-0.4, -0.2) is 5.78 Å². The van der Waals surface area contributed by atoms with Crippen molar-refractivity contribution in [1.29, 1.82) is 0 Å². The van der Waals surface area contributed by atoms with Crippen LogP contribution in [0.15, 0.2) is 132 Å². The quantitative estimate of drug-likeness (QED) is 0.186. The van der Waals surface area contributed by atoms with Crippen LogP contribution in [0.2, 0.25) is 0 Å². The van der Waals surface area contributed by atoms with Crippen molar-refractivity contribution in [1.82, 2.24) is 0 Å². The van der Waals surface area contributed by atoms with Crippen molar-refractivity contribution in [2.75, 3.05) is 0 Å². The molecule has 0 unspecified atom stereocenters. The van der Waals surface area contributed by atoms with Gasteiger partial charge >= 0.3 is 24.2 Å². The number of hydrogen-bond donors (Lipinski definition) is 0. The molecule has 0 aromatic heterocycles. The smallest absolute Gasteiger partial charge is 0.344 e. The van der Waals surface area contributed by atoms with Gasteiger partial charge in [0.05, 0.1) is 0 Å². The number of carbonyl (C=O) groups is 1. The predicted molar refractivity (Wildman–Crippen MR) is 147 cm³/mol. The lowest BCUT2D eigenvalue weighted by atomic mass is 9.66. The maximum Gasteiger partial charge on any atom is 0.344 e. The molecule has 0 bridgehead atoms. The van der Waals surface area contributed by atoms with Crippen LogP contribution in [0.25, 0.3) is 6.08 Å². The highest BCUT2D eigenvalue weighted by atomic mass is 19.3. The number of rotatable bonds is 9. The summed E-state index contributed by atoms with van der Waals surface area (Å²) in [5, 5.41) is 0. The molecule has 0 saturated heterocycles. The lowest BCUT2D eigenvalue weighted by Gasteiger charge is -2.36. The van der Waals surface area contributed by atoms with E-state index in [1.54, 1.807) is 0 Å². The van der Waals surface area contributed by atoms with Crippen LogP contribution < -0.4 is 9.47 Å². The molecule has 0 amide bonds. The Bertz CT molecular complexity index is 1540. The van der Waals surface area contributed by atoms with Crippen molar-refractivity contribution in [3.8, 4) is 11.5 Å². The normalized spacial score (nSPS) is 14.0. The third-order valence-electron chi connectivity index (χ3n) is 6.82. The molecule has 9 heteroatoms. The first-order valence-corrected chi connectivity index (χ1v) is 12.7. The Hall–Kier alpha value is -4.79. The molecule has 3 aromatic carbocycles. The highest BCUT2D eigenvalue weighted by Crippen LogP contribution is 2.45. The van der Waals surface area contributed by atoms with Gasteiger partial charge in [-0.3, -0.25) is 4.79 Å². The summed E-state index contributed by atoms with van der Waals surface area (Å²) < 4.78 is 86.2. The number of hydrogen-bond acceptors (Lipinski definition) is 3. The van der Waals surface area contributed by atoms with Gasteiger partial charge in [0, 0.05) is 11.0 Å². The number of benzene rings is 3. The first-order valence-electron chi connectivity index (χ1n) is 12.7. The Balaban J connectivity index is 1.91. The number of carbonyl (C=O) groups excluding carboxylic acids is 1. The Morgan fingerprint density at radius 3 is 1.64 bits per heavy atom. The minimum Gasteiger partial charge on any atom is -0.428 e. The van der Waals surface area contributed by atoms with Gasteiger partial charge < -0.3 is 9.47 Å². The lowest BCUT2D eigenvalue weighted by molar-refractivity contribution is -0.113. The van der Waals surface area contributed by atoms with Crippen LogP contribution in [0.3, 0.4) is 0 Å². The zero-order chi connectivity index (χ0) is 30.4. The number of halogens is 6. The average molecular weight is 583 g/mol. The SMILES string of the molecule is CC(=O)C1=C(C(C)(c2ccc(OC(F)=C(F)F)cc2)c2ccc(OC(F)=C(F)F)cc2)C=CCC1=Cc1ccccc1. The van der Waals surface area contributed by atoms with Gasteiger partial charge in [0.1, 0.15) is 11.5 Å². The van der Waals surface area contributed by atoms with Gasteiger partial charge in [0.15, 0.2) is 5.78 Å². The predicted octanol–water partition coefficient (Wildman–Crippen LogP) is 9.75. The molecule has 0 spiro atoms. The zero-order valence-electron chi connectivity index (χ0n) is 22.4. The van der Waals surface area contributed by atoms with E-state index in [-0.39, 0.29) is 17.3 Å². The molecule has 0 radical (unpaired) electrons. The number of Topliss-reactive ketones (excluding diaryl/α,β-unsaturated/α-hetero) is 1. The highest BCUT2D eigenvalue weighted by molar-refractivity contribution is 6.01. The summed E-state index contributed by atoms with van der Waals surface area (Å²) in [4.78, 5) is 13.2. The van der Waals surface area contributed by atoms with Crippen molar-refractivity contribution in [2.45, 2.75) is 25.7 Å². The largest absolute Gasteiger partial charge is 0.428 e. The molecule has 3 nitrogen and oxygen atoms in total. The minimum absolute atomic E-state index is 0.185. The van der Waals surface area contributed by atoms with Crippen LogP contribution in [0.1, 0.15) is 37.0 Å². The topological polar surface area (TPSA) is 35.5 Å². The van der Waals surface area contributed by atoms with Gasteiger partial charge in [-0.2, -0.15) is 26.3 Å². The van der Waals surface area contributed by atoms with Gasteiger partial charge in [0.2, 0.25) is 0 Å². The molecular formula is C33H24F6O3. The number of allylic oxidation sites excluding steroid dienone is 5. The van der Waals surface area contributed by atoms with Crippen molar-refractivity contribution in [2.24, 2.45) is 0 Å². The van der Waals surface area contributed by atoms with E-state index in [9.17, 15) is 31.1 Å². The van der Waals surface area contributed by atoms with E-state index in [4.69, 9.17) is 0 Å². The fourth-order valence-corrected chi connectivity index (χ4v) is 4.85. The van der Waals surface area contributed by atoms with Crippen molar-refractivity contribution < 1.29 is 40.6 Å². The lowest BCUT2D eigenvalue weighted by Crippen LogP contribution is -2.29. The first kappa shape index (κ1) is 30.2. The molecule has 0 aliphatic heterocycles. The molecule has 42 heavy (non-hydrogen) atoms. The van der Waals surface area contributed by atoms with E-state index in [1.165, 1.54) is 55.5 Å². The molecule has 0 N–H and O–H groups in total. The molecule has 1 aliphatic carbocycles. The monoisotopic (exact) mass is 582 g/mol. The van der Waals surface area contributed by atoms with E-state index in [1.807, 2.05) is 55.5 Å². The molecule has 4 rings (SSSR count). The van der Waals surface area contributed by atoms with Gasteiger partial charge in [-0.15, -0.1) is 0 Å². The highest BCUT2D eigenvalue weighted by Gasteiger charge is 2.37. The van der Waals surface area contributed by atoms with Gasteiger partial charge in [-0.25, -0.2) is 0 Å². The third kappa shape index (κ3) is 6.57. The van der Waals surface area contributed by atoms with Crippen molar-refractivity contribution >= 4 is 11.9 Å². The fraction of sp³-hybridized carbons (Fsp3) is 0.121. The van der Waals surface area contributed by atoms with Crippen LogP contribution in [0, 0.1) is 0 Å². The van der Waals surface area contributed by atoms with Gasteiger partial charge in [0.25, 0.3) is 0 Å². The Kier molecular flexibility index (Phi) is 9.20. The summed E-state index contributed by atoms with van der Waals surface area (Å²) in [5.41, 5.74) is 2.70. The molecule has 0 atom stereocenters. The summed E-state index contributed by atoms with van der Waals surface area (Å²) in [7, 11) is 0. The van der Waals surface area contributed by atoms with Crippen LogP contribution in [0.5, 0.6) is 11.5 Å². The number of ketones is 1. The standard InChI is InChI=1S/C33H24F6O3/c1-20(40)28-22(19-21-7-4-3-5-8-21)9-6-10-27(28)33(2,23-11-15-25(16-12-23)41-31(38)29(34)35)24-13-17-26(18-14-24)42-32(39)30(36)37/h3-8,10-19H,9H2,1-2H3. The molecule has 0 heterocycles. The van der Waals surface area contributed by atoms with E-state index in [0.29, 0.717) is 28.7 Å². The van der Waals surface area contributed by atoms with Gasteiger partial charge in [-0.1, -0.05) is 72.8 Å². The zero-order valence-corrected chi connectivity index (χ0v) is 22.4. The summed E-state index contributed by atoms with van der Waals surface area (Å²) in [6, 6.07) is 16.8. The summed E-state index contributed by atoms with van der Waals surface area (Å²) in [6.07, 6.45) is 0.894. The molecule has 0 saturated carbocycles. The fourth-order valence-electron chi connectivity index (χ4n) is 4.85. The Morgan fingerprint density at radius 2 is 1.21 bits per heavy atom. The van der Waals surface area contributed by atoms with E-state index >= 15 is 0 Å². The molecule has 3 aromatic rings. The second-order valence-corrected chi connectivity index (χ2v) is 9.48. The van der Waals surface area contributed by atoms with Crippen LogP contribution >= 0.6 is 0 Å². The third-order valence-corrected chi connectivity index (χ3v) is 6.82. The Labute approximate surface area is 238 Å². The molecule has 1 aliphatic rings. The second kappa shape index (κ2) is 12.8. The van der Waals surface area contributed by atoms with Gasteiger partial charge in [-0.05, 0) is 72.4 Å².